The second-order valence-electron chi connectivity index (χ2n) is 2.75. The number of ether oxygens (including phenoxy) is 2. The van der Waals surface area contributed by atoms with E-state index in [2.05, 4.69) is 13.7 Å². The highest BCUT2D eigenvalue weighted by Gasteiger charge is 2.54. The molecule has 2 unspecified atom stereocenters. The van der Waals surface area contributed by atoms with Gasteiger partial charge in [0.05, 0.1) is 21.3 Å². The van der Waals surface area contributed by atoms with Gasteiger partial charge in [0.25, 0.3) is 0 Å². The van der Waals surface area contributed by atoms with Gasteiger partial charge in [-0.25, -0.2) is 0 Å². The Kier molecular flexibility index (Phi) is 6.32. The summed E-state index contributed by atoms with van der Waals surface area (Å²) in [6.45, 7) is 0. The Hall–Kier alpha value is -0.960. The van der Waals surface area contributed by atoms with Gasteiger partial charge in [-0.1, -0.05) is 0 Å². The van der Waals surface area contributed by atoms with Crippen molar-refractivity contribution in [3.63, 3.8) is 0 Å². The second-order valence-corrected chi connectivity index (χ2v) is 3.78. The lowest BCUT2D eigenvalue weighted by atomic mass is 10.1. The van der Waals surface area contributed by atoms with E-state index in [1.165, 1.54) is 0 Å². The van der Waals surface area contributed by atoms with E-state index in [1.807, 2.05) is 0 Å². The maximum absolute atomic E-state index is 12.7. The molecule has 0 spiro atoms. The molecule has 0 heterocycles. The number of rotatable bonds is 5. The Morgan fingerprint density at radius 2 is 1.53 bits per heavy atom. The summed E-state index contributed by atoms with van der Waals surface area (Å²) >= 11 is 0.192. The van der Waals surface area contributed by atoms with Crippen molar-refractivity contribution in [3.05, 3.63) is 0 Å². The first-order chi connectivity index (χ1) is 7.79. The Balaban J connectivity index is 5.22. The lowest BCUT2D eigenvalue weighted by Crippen LogP contribution is -2.43. The molecule has 2 atom stereocenters. The molecule has 9 heteroatoms. The molecule has 0 fully saturated rings. The molecular formula is C8H11F3O5S. The summed E-state index contributed by atoms with van der Waals surface area (Å²) in [4.78, 5) is 22.3. The summed E-state index contributed by atoms with van der Waals surface area (Å²) < 4.78 is 50.6. The minimum Gasteiger partial charge on any atom is -0.469 e. The van der Waals surface area contributed by atoms with Crippen LogP contribution in [0.25, 0.3) is 0 Å². The molecule has 5 nitrogen and oxygen atoms in total. The van der Waals surface area contributed by atoms with Gasteiger partial charge in [-0.3, -0.25) is 9.59 Å². The van der Waals surface area contributed by atoms with Crippen LogP contribution in [-0.2, 0) is 23.2 Å². The van der Waals surface area contributed by atoms with Crippen LogP contribution in [0.1, 0.15) is 0 Å². The van der Waals surface area contributed by atoms with Crippen LogP contribution in [0.3, 0.4) is 0 Å². The number of esters is 2. The van der Waals surface area contributed by atoms with Crippen molar-refractivity contribution >= 4 is 24.0 Å². The van der Waals surface area contributed by atoms with E-state index < -0.39 is 29.3 Å². The van der Waals surface area contributed by atoms with Crippen molar-refractivity contribution in [2.75, 3.05) is 21.3 Å². The topological polar surface area (TPSA) is 61.8 Å². The van der Waals surface area contributed by atoms with E-state index in [4.69, 9.17) is 0 Å². The molecular weight excluding hydrogens is 265 g/mol. The third-order valence-corrected chi connectivity index (χ3v) is 2.61. The normalized spacial score (nSPS) is 14.9. The summed E-state index contributed by atoms with van der Waals surface area (Å²) in [5, 5.41) is -1.86. The number of methoxy groups -OCH3 is 2. The van der Waals surface area contributed by atoms with E-state index in [9.17, 15) is 22.8 Å². The van der Waals surface area contributed by atoms with Gasteiger partial charge in [0, 0.05) is 12.0 Å². The number of hydrogen-bond acceptors (Lipinski definition) is 6. The van der Waals surface area contributed by atoms with Crippen molar-refractivity contribution in [1.82, 2.24) is 0 Å². The molecule has 100 valence electrons. The number of carbonyl (C=O) groups is 2. The van der Waals surface area contributed by atoms with Gasteiger partial charge >= 0.3 is 18.1 Å². The van der Waals surface area contributed by atoms with Crippen molar-refractivity contribution in [3.8, 4) is 0 Å². The highest BCUT2D eigenvalue weighted by Crippen LogP contribution is 2.36. The predicted octanol–water partition coefficient (Wildman–Crippen LogP) is 1.17. The molecule has 0 aromatic rings. The number of carbonyl (C=O) groups excluding carboxylic acids is 2. The van der Waals surface area contributed by atoms with Gasteiger partial charge in [-0.15, -0.1) is 0 Å². The first-order valence-electron chi connectivity index (χ1n) is 4.21. The fourth-order valence-corrected chi connectivity index (χ4v) is 1.77. The second kappa shape index (κ2) is 6.70. The molecule has 0 aliphatic heterocycles. The predicted molar refractivity (Wildman–Crippen MR) is 52.0 cm³/mol. The van der Waals surface area contributed by atoms with Crippen LogP contribution in [0.4, 0.5) is 13.2 Å². The van der Waals surface area contributed by atoms with Crippen molar-refractivity contribution < 1.29 is 36.4 Å². The first kappa shape index (κ1) is 16.0. The lowest BCUT2D eigenvalue weighted by Gasteiger charge is -2.23. The van der Waals surface area contributed by atoms with E-state index in [0.29, 0.717) is 0 Å². The highest BCUT2D eigenvalue weighted by molar-refractivity contribution is 7.96. The van der Waals surface area contributed by atoms with Gasteiger partial charge in [-0.2, -0.15) is 13.2 Å². The zero-order valence-corrected chi connectivity index (χ0v) is 10.1. The number of halogens is 3. The Labute approximate surface area is 99.8 Å². The number of hydrogen-bond donors (Lipinski definition) is 0. The van der Waals surface area contributed by atoms with E-state index >= 15 is 0 Å². The minimum absolute atomic E-state index is 0.192. The fraction of sp³-hybridized carbons (Fsp3) is 0.750. The molecule has 0 N–H and O–H groups in total. The van der Waals surface area contributed by atoms with Gasteiger partial charge in [-0.05, 0) is 0 Å². The van der Waals surface area contributed by atoms with Crippen LogP contribution in [0, 0.1) is 5.92 Å². The zero-order valence-electron chi connectivity index (χ0n) is 9.24. The average Bonchev–Trinajstić information content (AvgIpc) is 2.25. The van der Waals surface area contributed by atoms with Crippen molar-refractivity contribution in [1.29, 1.82) is 0 Å². The Bertz CT molecular complexity index is 281. The molecule has 17 heavy (non-hydrogen) atoms. The van der Waals surface area contributed by atoms with Crippen molar-refractivity contribution in [2.24, 2.45) is 5.92 Å². The monoisotopic (exact) mass is 276 g/mol. The molecule has 0 bridgehead atoms. The molecule has 0 aliphatic carbocycles. The van der Waals surface area contributed by atoms with E-state index in [0.717, 1.165) is 21.3 Å². The van der Waals surface area contributed by atoms with Crippen LogP contribution in [-0.4, -0.2) is 44.7 Å². The van der Waals surface area contributed by atoms with Crippen LogP contribution >= 0.6 is 12.0 Å². The van der Waals surface area contributed by atoms with Gasteiger partial charge in [0.1, 0.15) is 0 Å². The maximum Gasteiger partial charge on any atom is 0.403 e. The van der Waals surface area contributed by atoms with Gasteiger partial charge < -0.3 is 13.7 Å². The lowest BCUT2D eigenvalue weighted by molar-refractivity contribution is -0.199. The van der Waals surface area contributed by atoms with Gasteiger partial charge in [0.2, 0.25) is 0 Å². The molecule has 0 saturated carbocycles. The fourth-order valence-electron chi connectivity index (χ4n) is 1.01. The average molecular weight is 276 g/mol. The van der Waals surface area contributed by atoms with E-state index in [-0.39, 0.29) is 12.0 Å². The Morgan fingerprint density at radius 1 is 1.06 bits per heavy atom. The molecule has 0 aromatic heterocycles. The molecule has 0 aliphatic rings. The SMILES string of the molecule is COSC(C(=O)OC)C(C(=O)OC)C(F)(F)F. The Morgan fingerprint density at radius 3 is 1.82 bits per heavy atom. The third kappa shape index (κ3) is 4.43. The van der Waals surface area contributed by atoms with Gasteiger partial charge in [0.15, 0.2) is 11.2 Å². The first-order valence-corrected chi connectivity index (χ1v) is 5.01. The molecule has 0 saturated heterocycles. The van der Waals surface area contributed by atoms with Crippen LogP contribution in [0.2, 0.25) is 0 Å². The largest absolute Gasteiger partial charge is 0.469 e. The molecule has 0 rings (SSSR count). The summed E-state index contributed by atoms with van der Waals surface area (Å²) in [6.07, 6.45) is -4.93. The minimum atomic E-state index is -4.93. The van der Waals surface area contributed by atoms with Crippen LogP contribution in [0.15, 0.2) is 0 Å². The highest BCUT2D eigenvalue weighted by atomic mass is 32.2. The van der Waals surface area contributed by atoms with Crippen LogP contribution < -0.4 is 0 Å². The zero-order chi connectivity index (χ0) is 13.6. The van der Waals surface area contributed by atoms with E-state index in [1.54, 1.807) is 0 Å². The maximum atomic E-state index is 12.7. The quantitative estimate of drug-likeness (QED) is 0.555. The number of alkyl halides is 3. The molecule has 0 amide bonds. The van der Waals surface area contributed by atoms with Crippen LogP contribution in [0.5, 0.6) is 0 Å². The van der Waals surface area contributed by atoms with Crippen molar-refractivity contribution in [2.45, 2.75) is 11.4 Å². The summed E-state index contributed by atoms with van der Waals surface area (Å²) in [5.41, 5.74) is 0. The smallest absolute Gasteiger partial charge is 0.403 e. The summed E-state index contributed by atoms with van der Waals surface area (Å²) in [5.74, 6) is -5.42. The standard InChI is InChI=1S/C8H11F3O5S/c1-14-6(12)4(8(9,10)11)5(17-16-3)7(13)15-2/h4-5H,1-3H3. The summed E-state index contributed by atoms with van der Waals surface area (Å²) in [7, 11) is 2.79. The molecule has 0 radical (unpaired) electrons. The molecule has 0 aromatic carbocycles. The third-order valence-electron chi connectivity index (χ3n) is 1.74. The summed E-state index contributed by atoms with van der Waals surface area (Å²) in [6, 6.07) is 0.